The van der Waals surface area contributed by atoms with E-state index in [0.29, 0.717) is 22.5 Å². The summed E-state index contributed by atoms with van der Waals surface area (Å²) in [7, 11) is 0. The summed E-state index contributed by atoms with van der Waals surface area (Å²) in [6.07, 6.45) is 0. The number of hydrogen-bond donors (Lipinski definition) is 0. The van der Waals surface area contributed by atoms with Gasteiger partial charge in [0.1, 0.15) is 0 Å². The van der Waals surface area contributed by atoms with E-state index < -0.39 is 0 Å². The highest BCUT2D eigenvalue weighted by molar-refractivity contribution is 6.14. The molecule has 8 aromatic rings. The fourth-order valence-electron chi connectivity index (χ4n) is 5.82. The van der Waals surface area contributed by atoms with E-state index in [2.05, 4.69) is 22.8 Å². The number of fused-ring (bicyclic) bond motifs is 3. The van der Waals surface area contributed by atoms with E-state index in [0.717, 1.165) is 38.6 Å². The molecule has 3 nitrogen and oxygen atoms in total. The quantitative estimate of drug-likeness (QED) is 0.212. The molecule has 2 aromatic heterocycles. The molecule has 0 radical (unpaired) electrons. The van der Waals surface area contributed by atoms with Crippen LogP contribution in [-0.2, 0) is 0 Å². The number of nitrogens with zero attached hydrogens (tertiary/aromatic N) is 3. The van der Waals surface area contributed by atoms with Gasteiger partial charge < -0.3 is 4.57 Å². The molecule has 0 aliphatic heterocycles. The van der Waals surface area contributed by atoms with E-state index in [4.69, 9.17) is 12.7 Å². The fraction of sp³-hybridized carbons (Fsp3) is 0. The first-order valence-corrected chi connectivity index (χ1v) is 14.2. The minimum atomic E-state index is -0.334. The van der Waals surface area contributed by atoms with Crippen LogP contribution in [0.25, 0.3) is 72.5 Å². The molecule has 0 aliphatic rings. The van der Waals surface area contributed by atoms with Crippen molar-refractivity contribution in [3.8, 4) is 50.7 Å². The molecule has 0 atom stereocenters. The first-order valence-electron chi connectivity index (χ1n) is 16.2. The fourth-order valence-corrected chi connectivity index (χ4v) is 5.82. The number of para-hydroxylation sites is 3. The molecule has 0 amide bonds. The standard InChI is InChI=1S/C40H27N3/c1-4-15-28(16-5-1)36-27-37(29-17-6-2-7-18-29)42-40(41-36)35-23-11-10-21-31(35)33-24-14-25-34-32-22-12-13-26-38(32)43(39(33)34)30-19-8-3-9-20-30/h1-27H/i10D,11D,21D,23D. The van der Waals surface area contributed by atoms with E-state index in [-0.39, 0.29) is 35.6 Å². The lowest BCUT2D eigenvalue weighted by Gasteiger charge is -2.15. The average molecular weight is 554 g/mol. The van der Waals surface area contributed by atoms with Crippen molar-refractivity contribution < 1.29 is 5.48 Å². The van der Waals surface area contributed by atoms with E-state index in [1.54, 1.807) is 0 Å². The Morgan fingerprint density at radius 3 is 1.72 bits per heavy atom. The highest BCUT2D eigenvalue weighted by Gasteiger charge is 2.20. The third kappa shape index (κ3) is 4.39. The van der Waals surface area contributed by atoms with Crippen LogP contribution < -0.4 is 0 Å². The van der Waals surface area contributed by atoms with E-state index in [9.17, 15) is 2.74 Å². The Balaban J connectivity index is 1.51. The smallest absolute Gasteiger partial charge is 0.161 e. The zero-order valence-electron chi connectivity index (χ0n) is 27.1. The second-order valence-electron chi connectivity index (χ2n) is 10.3. The van der Waals surface area contributed by atoms with Gasteiger partial charge in [0.25, 0.3) is 0 Å². The van der Waals surface area contributed by atoms with Gasteiger partial charge in [-0.25, -0.2) is 9.97 Å². The molecular weight excluding hydrogens is 522 g/mol. The van der Waals surface area contributed by atoms with Crippen molar-refractivity contribution >= 4 is 21.8 Å². The summed E-state index contributed by atoms with van der Waals surface area (Å²) in [5, 5.41) is 2.02. The van der Waals surface area contributed by atoms with Gasteiger partial charge >= 0.3 is 0 Å². The Kier molecular flexibility index (Phi) is 5.15. The van der Waals surface area contributed by atoms with Crippen LogP contribution in [0.4, 0.5) is 0 Å². The zero-order valence-corrected chi connectivity index (χ0v) is 23.1. The summed E-state index contributed by atoms with van der Waals surface area (Å²) in [4.78, 5) is 9.99. The van der Waals surface area contributed by atoms with Crippen molar-refractivity contribution in [3.63, 3.8) is 0 Å². The largest absolute Gasteiger partial charge is 0.309 e. The van der Waals surface area contributed by atoms with Crippen LogP contribution in [-0.4, -0.2) is 14.5 Å². The van der Waals surface area contributed by atoms with Gasteiger partial charge in [0.2, 0.25) is 0 Å². The summed E-state index contributed by atoms with van der Waals surface area (Å²) in [6.45, 7) is 0. The molecule has 0 fully saturated rings. The van der Waals surface area contributed by atoms with Crippen molar-refractivity contribution in [2.75, 3.05) is 0 Å². The highest BCUT2D eigenvalue weighted by atomic mass is 15.0. The van der Waals surface area contributed by atoms with Gasteiger partial charge in [0.05, 0.1) is 27.9 Å². The maximum absolute atomic E-state index is 9.33. The highest BCUT2D eigenvalue weighted by Crippen LogP contribution is 2.41. The zero-order chi connectivity index (χ0) is 32.1. The molecular formula is C40H27N3. The van der Waals surface area contributed by atoms with E-state index in [1.807, 2.05) is 121 Å². The SMILES string of the molecule is [2H]c1c([2H])c([2H])c(-c2cccc3c4ccccc4n(-c4ccccc4)c23)c(-c2nc(-c3ccccc3)cc(-c3ccccc3)n2)c1[2H]. The number of aromatic nitrogens is 3. The number of hydrogen-bond acceptors (Lipinski definition) is 2. The first-order chi connectivity index (χ1) is 23.0. The van der Waals surface area contributed by atoms with Crippen molar-refractivity contribution in [2.45, 2.75) is 0 Å². The summed E-state index contributed by atoms with van der Waals surface area (Å²) in [5.41, 5.74) is 7.12. The Morgan fingerprint density at radius 1 is 0.488 bits per heavy atom. The molecule has 0 bridgehead atoms. The Labute approximate surface area is 256 Å². The van der Waals surface area contributed by atoms with Gasteiger partial charge in [0, 0.05) is 38.7 Å². The van der Waals surface area contributed by atoms with Gasteiger partial charge in [-0.3, -0.25) is 0 Å². The molecule has 0 spiro atoms. The normalized spacial score (nSPS) is 12.6. The van der Waals surface area contributed by atoms with Crippen molar-refractivity contribution in [1.29, 1.82) is 0 Å². The summed E-state index contributed by atoms with van der Waals surface area (Å²) in [6, 6.07) is 44.7. The van der Waals surface area contributed by atoms with Crippen LogP contribution in [0.2, 0.25) is 0 Å². The molecule has 2 heterocycles. The average Bonchev–Trinajstić information content (AvgIpc) is 3.48. The lowest BCUT2D eigenvalue weighted by atomic mass is 9.96. The number of rotatable bonds is 5. The lowest BCUT2D eigenvalue weighted by molar-refractivity contribution is 1.18. The predicted molar refractivity (Wildman–Crippen MR) is 178 cm³/mol. The predicted octanol–water partition coefficient (Wildman–Crippen LogP) is 10.2. The molecule has 202 valence electrons. The molecule has 0 unspecified atom stereocenters. The molecule has 0 saturated heterocycles. The maximum Gasteiger partial charge on any atom is 0.161 e. The third-order valence-corrected chi connectivity index (χ3v) is 7.75. The van der Waals surface area contributed by atoms with Crippen LogP contribution >= 0.6 is 0 Å². The number of benzene rings is 6. The second-order valence-corrected chi connectivity index (χ2v) is 10.3. The van der Waals surface area contributed by atoms with Crippen molar-refractivity contribution in [1.82, 2.24) is 14.5 Å². The lowest BCUT2D eigenvalue weighted by Crippen LogP contribution is -1.99. The third-order valence-electron chi connectivity index (χ3n) is 7.75. The molecule has 0 N–H and O–H groups in total. The van der Waals surface area contributed by atoms with E-state index in [1.165, 1.54) is 0 Å². The van der Waals surface area contributed by atoms with Crippen LogP contribution in [0.3, 0.4) is 0 Å². The minimum Gasteiger partial charge on any atom is -0.309 e. The van der Waals surface area contributed by atoms with Crippen molar-refractivity contribution in [3.05, 3.63) is 164 Å². The molecule has 6 aromatic carbocycles. The molecule has 8 rings (SSSR count). The van der Waals surface area contributed by atoms with Gasteiger partial charge in [0.15, 0.2) is 5.82 Å². The van der Waals surface area contributed by atoms with Gasteiger partial charge in [-0.05, 0) is 29.8 Å². The monoisotopic (exact) mass is 553 g/mol. The summed E-state index contributed by atoms with van der Waals surface area (Å²) in [5.74, 6) is 0.228. The van der Waals surface area contributed by atoms with Gasteiger partial charge in [-0.2, -0.15) is 0 Å². The Bertz CT molecular complexity index is 2380. The Morgan fingerprint density at radius 2 is 1.05 bits per heavy atom. The minimum absolute atomic E-state index is 0.145. The molecule has 0 saturated carbocycles. The van der Waals surface area contributed by atoms with Gasteiger partial charge in [-0.1, -0.05) is 139 Å². The van der Waals surface area contributed by atoms with Gasteiger partial charge in [-0.15, -0.1) is 0 Å². The molecule has 3 heteroatoms. The molecule has 43 heavy (non-hydrogen) atoms. The van der Waals surface area contributed by atoms with Crippen LogP contribution in [0.1, 0.15) is 5.48 Å². The maximum atomic E-state index is 9.33. The van der Waals surface area contributed by atoms with Crippen LogP contribution in [0.5, 0.6) is 0 Å². The summed E-state index contributed by atoms with van der Waals surface area (Å²) < 4.78 is 38.3. The first kappa shape index (κ1) is 21.0. The van der Waals surface area contributed by atoms with Crippen LogP contribution in [0.15, 0.2) is 164 Å². The summed E-state index contributed by atoms with van der Waals surface area (Å²) >= 11 is 0. The second kappa shape index (κ2) is 10.6. The Hall–Kier alpha value is -5.80. The van der Waals surface area contributed by atoms with Crippen molar-refractivity contribution in [2.24, 2.45) is 0 Å². The topological polar surface area (TPSA) is 30.7 Å². The van der Waals surface area contributed by atoms with Crippen LogP contribution in [0, 0.1) is 0 Å². The molecule has 0 aliphatic carbocycles. The van der Waals surface area contributed by atoms with E-state index >= 15 is 0 Å².